The van der Waals surface area contributed by atoms with Gasteiger partial charge in [-0.05, 0) is 25.7 Å². The van der Waals surface area contributed by atoms with Gasteiger partial charge in [-0.1, -0.05) is 47.0 Å². The zero-order chi connectivity index (χ0) is 17.2. The second-order valence-corrected chi connectivity index (χ2v) is 8.11. The molecule has 4 heteroatoms. The standard InChI is InChI=1S/C18H34O4/c1-8-9-10-11-12-18(21-7)17(5,6)15(20)13(22-18)14(19)16(2,3)4/h13-14,19H,8-12H2,1-7H3/t13-,14-,18+/m1/s1. The molecule has 1 aliphatic rings. The first-order valence-corrected chi connectivity index (χ1v) is 8.49. The molecule has 1 heterocycles. The highest BCUT2D eigenvalue weighted by atomic mass is 16.7. The second kappa shape index (κ2) is 6.98. The lowest BCUT2D eigenvalue weighted by Gasteiger charge is -2.37. The zero-order valence-electron chi connectivity index (χ0n) is 15.4. The first kappa shape index (κ1) is 19.6. The van der Waals surface area contributed by atoms with Gasteiger partial charge >= 0.3 is 0 Å². The van der Waals surface area contributed by atoms with Crippen molar-refractivity contribution in [3.05, 3.63) is 0 Å². The summed E-state index contributed by atoms with van der Waals surface area (Å²) in [5.41, 5.74) is -1.17. The number of ether oxygens (including phenoxy) is 2. The van der Waals surface area contributed by atoms with Crippen LogP contribution >= 0.6 is 0 Å². The zero-order valence-corrected chi connectivity index (χ0v) is 15.4. The van der Waals surface area contributed by atoms with E-state index in [1.807, 2.05) is 34.6 Å². The topological polar surface area (TPSA) is 55.8 Å². The average molecular weight is 314 g/mol. The maximum Gasteiger partial charge on any atom is 0.181 e. The molecule has 130 valence electrons. The van der Waals surface area contributed by atoms with Crippen LogP contribution in [0.2, 0.25) is 0 Å². The Balaban J connectivity index is 2.96. The fourth-order valence-electron chi connectivity index (χ4n) is 3.17. The van der Waals surface area contributed by atoms with Crippen LogP contribution in [0.1, 0.15) is 73.6 Å². The summed E-state index contributed by atoms with van der Waals surface area (Å²) in [4.78, 5) is 12.8. The van der Waals surface area contributed by atoms with Crippen LogP contribution in [0.15, 0.2) is 0 Å². The molecule has 1 rings (SSSR count). The van der Waals surface area contributed by atoms with Crippen molar-refractivity contribution in [3.63, 3.8) is 0 Å². The molecule has 0 aromatic heterocycles. The van der Waals surface area contributed by atoms with Crippen molar-refractivity contribution >= 4 is 5.78 Å². The van der Waals surface area contributed by atoms with Gasteiger partial charge in [-0.15, -0.1) is 0 Å². The molecule has 0 unspecified atom stereocenters. The summed E-state index contributed by atoms with van der Waals surface area (Å²) in [5.74, 6) is -0.999. The second-order valence-electron chi connectivity index (χ2n) is 8.11. The quantitative estimate of drug-likeness (QED) is 0.728. The number of methoxy groups -OCH3 is 1. The number of unbranched alkanes of at least 4 members (excludes halogenated alkanes) is 3. The molecule has 3 atom stereocenters. The summed E-state index contributed by atoms with van der Waals surface area (Å²) in [6.07, 6.45) is 3.40. The predicted octanol–water partition coefficient (Wildman–Crippen LogP) is 3.70. The Morgan fingerprint density at radius 3 is 2.32 bits per heavy atom. The molecule has 22 heavy (non-hydrogen) atoms. The third-order valence-electron chi connectivity index (χ3n) is 5.01. The first-order valence-electron chi connectivity index (χ1n) is 8.49. The predicted molar refractivity (Wildman–Crippen MR) is 87.6 cm³/mol. The summed E-state index contributed by atoms with van der Waals surface area (Å²) in [7, 11) is 1.60. The third-order valence-corrected chi connectivity index (χ3v) is 5.01. The van der Waals surface area contributed by atoms with E-state index < -0.39 is 28.8 Å². The number of carbonyl (C=O) groups is 1. The van der Waals surface area contributed by atoms with E-state index in [1.54, 1.807) is 7.11 Å². The first-order chi connectivity index (χ1) is 10.0. The fourth-order valence-corrected chi connectivity index (χ4v) is 3.17. The van der Waals surface area contributed by atoms with Crippen LogP contribution in [-0.2, 0) is 14.3 Å². The van der Waals surface area contributed by atoms with Crippen LogP contribution in [0.5, 0.6) is 0 Å². The van der Waals surface area contributed by atoms with Gasteiger partial charge in [0.1, 0.15) is 6.10 Å². The number of aliphatic hydroxyl groups excluding tert-OH is 1. The largest absolute Gasteiger partial charge is 0.389 e. The van der Waals surface area contributed by atoms with Gasteiger partial charge < -0.3 is 14.6 Å². The Bertz CT molecular complexity index is 383. The summed E-state index contributed by atoms with van der Waals surface area (Å²) < 4.78 is 11.8. The Morgan fingerprint density at radius 1 is 1.27 bits per heavy atom. The van der Waals surface area contributed by atoms with Crippen molar-refractivity contribution in [2.24, 2.45) is 10.8 Å². The smallest absolute Gasteiger partial charge is 0.181 e. The minimum Gasteiger partial charge on any atom is -0.389 e. The van der Waals surface area contributed by atoms with Gasteiger partial charge in [-0.2, -0.15) is 0 Å². The van der Waals surface area contributed by atoms with Crippen LogP contribution in [0.3, 0.4) is 0 Å². The van der Waals surface area contributed by atoms with Crippen molar-refractivity contribution in [2.75, 3.05) is 7.11 Å². The molecule has 0 saturated carbocycles. The van der Waals surface area contributed by atoms with E-state index in [2.05, 4.69) is 6.92 Å². The lowest BCUT2D eigenvalue weighted by Crippen LogP contribution is -2.46. The lowest BCUT2D eigenvalue weighted by molar-refractivity contribution is -0.266. The highest BCUT2D eigenvalue weighted by Gasteiger charge is 2.62. The molecule has 0 radical (unpaired) electrons. The van der Waals surface area contributed by atoms with E-state index >= 15 is 0 Å². The molecule has 0 amide bonds. The van der Waals surface area contributed by atoms with Crippen LogP contribution in [0.25, 0.3) is 0 Å². The van der Waals surface area contributed by atoms with E-state index in [0.717, 1.165) is 19.3 Å². The SMILES string of the molecule is CCCCCC[C@]1(OC)O[C@H]([C@@H](O)C(C)(C)C)C(=O)C1(C)C. The van der Waals surface area contributed by atoms with E-state index in [9.17, 15) is 9.90 Å². The van der Waals surface area contributed by atoms with Crippen molar-refractivity contribution in [2.45, 2.75) is 91.6 Å². The fraction of sp³-hybridized carbons (Fsp3) is 0.944. The Hall–Kier alpha value is -0.450. The molecule has 0 aromatic rings. The van der Waals surface area contributed by atoms with Crippen molar-refractivity contribution < 1.29 is 19.4 Å². The Morgan fingerprint density at radius 2 is 1.86 bits per heavy atom. The number of ketones is 1. The number of aliphatic hydroxyl groups is 1. The summed E-state index contributed by atoms with van der Waals surface area (Å²) in [6.45, 7) is 11.6. The van der Waals surface area contributed by atoms with E-state index in [-0.39, 0.29) is 5.78 Å². The van der Waals surface area contributed by atoms with Gasteiger partial charge in [0.25, 0.3) is 0 Å². The average Bonchev–Trinajstić information content (AvgIpc) is 2.63. The summed E-state index contributed by atoms with van der Waals surface area (Å²) in [6, 6.07) is 0. The van der Waals surface area contributed by atoms with E-state index in [0.29, 0.717) is 6.42 Å². The molecule has 1 fully saturated rings. The molecule has 1 N–H and O–H groups in total. The maximum atomic E-state index is 12.8. The van der Waals surface area contributed by atoms with Crippen LogP contribution in [0, 0.1) is 10.8 Å². The Kier molecular flexibility index (Phi) is 6.22. The van der Waals surface area contributed by atoms with E-state index in [1.165, 1.54) is 6.42 Å². The maximum absolute atomic E-state index is 12.8. The van der Waals surface area contributed by atoms with Crippen molar-refractivity contribution in [3.8, 4) is 0 Å². The van der Waals surface area contributed by atoms with Gasteiger partial charge in [0.15, 0.2) is 11.6 Å². The van der Waals surface area contributed by atoms with E-state index in [4.69, 9.17) is 9.47 Å². The highest BCUT2D eigenvalue weighted by Crippen LogP contribution is 2.49. The minimum absolute atomic E-state index is 0.0627. The van der Waals surface area contributed by atoms with Crippen LogP contribution < -0.4 is 0 Å². The number of hydrogen-bond acceptors (Lipinski definition) is 4. The van der Waals surface area contributed by atoms with Gasteiger partial charge in [0.2, 0.25) is 0 Å². The summed E-state index contributed by atoms with van der Waals surface area (Å²) >= 11 is 0. The number of carbonyl (C=O) groups excluding carboxylic acids is 1. The Labute approximate surface area is 135 Å². The minimum atomic E-state index is -0.936. The monoisotopic (exact) mass is 314 g/mol. The molecule has 4 nitrogen and oxygen atoms in total. The van der Waals surface area contributed by atoms with Crippen molar-refractivity contribution in [1.82, 2.24) is 0 Å². The molecule has 0 aromatic carbocycles. The molecule has 1 saturated heterocycles. The molecule has 0 bridgehead atoms. The van der Waals surface area contributed by atoms with Crippen LogP contribution in [-0.4, -0.2) is 36.0 Å². The van der Waals surface area contributed by atoms with Crippen molar-refractivity contribution in [1.29, 1.82) is 0 Å². The van der Waals surface area contributed by atoms with Gasteiger partial charge in [-0.25, -0.2) is 0 Å². The van der Waals surface area contributed by atoms with Gasteiger partial charge in [0, 0.05) is 13.5 Å². The molecule has 0 spiro atoms. The molecule has 0 aliphatic carbocycles. The number of Topliss-reactive ketones (excluding diaryl/α,β-unsaturated/α-hetero) is 1. The molecular weight excluding hydrogens is 280 g/mol. The number of rotatable bonds is 7. The number of hydrogen-bond donors (Lipinski definition) is 1. The molecule has 1 aliphatic heterocycles. The van der Waals surface area contributed by atoms with Gasteiger partial charge in [0.05, 0.1) is 11.5 Å². The highest BCUT2D eigenvalue weighted by molar-refractivity contribution is 5.91. The van der Waals surface area contributed by atoms with Crippen LogP contribution in [0.4, 0.5) is 0 Å². The molecular formula is C18H34O4. The normalized spacial score (nSPS) is 29.8. The lowest BCUT2D eigenvalue weighted by atomic mass is 9.75. The van der Waals surface area contributed by atoms with Gasteiger partial charge in [-0.3, -0.25) is 4.79 Å². The summed E-state index contributed by atoms with van der Waals surface area (Å²) in [5, 5.41) is 10.5. The third kappa shape index (κ3) is 3.55.